The summed E-state index contributed by atoms with van der Waals surface area (Å²) < 4.78 is 7.82. The average Bonchev–Trinajstić information content (AvgIpc) is 2.78. The van der Waals surface area contributed by atoms with Crippen LogP contribution in [0.4, 0.5) is 5.69 Å². The van der Waals surface area contributed by atoms with Crippen molar-refractivity contribution in [2.24, 2.45) is 0 Å². The minimum absolute atomic E-state index is 0.610. The Balaban J connectivity index is 2.39. The first kappa shape index (κ1) is 12.1. The molecule has 2 aromatic rings. The lowest BCUT2D eigenvalue weighted by atomic mass is 10.1. The summed E-state index contributed by atoms with van der Waals surface area (Å²) in [5.74, 6) is 0.751. The lowest BCUT2D eigenvalue weighted by Gasteiger charge is -2.09. The summed E-state index contributed by atoms with van der Waals surface area (Å²) in [6, 6.07) is 5.74. The minimum atomic E-state index is 0.610. The fraction of sp³-hybridized carbons (Fsp3) is 0.273. The summed E-state index contributed by atoms with van der Waals surface area (Å²) in [7, 11) is 1.66. The van der Waals surface area contributed by atoms with Crippen LogP contribution < -0.4 is 5.73 Å². The molecule has 0 saturated carbocycles. The van der Waals surface area contributed by atoms with Gasteiger partial charge < -0.3 is 15.0 Å². The van der Waals surface area contributed by atoms with Gasteiger partial charge in [0.15, 0.2) is 5.82 Å². The fourth-order valence-corrected chi connectivity index (χ4v) is 1.92. The lowest BCUT2D eigenvalue weighted by Crippen LogP contribution is -2.06. The Labute approximate surface area is 108 Å². The summed E-state index contributed by atoms with van der Waals surface area (Å²) in [5, 5.41) is 8.01. The van der Waals surface area contributed by atoms with Gasteiger partial charge >= 0.3 is 0 Å². The van der Waals surface area contributed by atoms with Crippen LogP contribution in [0.25, 0.3) is 11.4 Å². The number of halogens is 1. The third-order valence-corrected chi connectivity index (χ3v) is 3.14. The number of benzene rings is 1. The van der Waals surface area contributed by atoms with Crippen LogP contribution in [0.3, 0.4) is 0 Å². The fourth-order valence-electron chi connectivity index (χ4n) is 1.55. The zero-order valence-electron chi connectivity index (χ0n) is 9.43. The van der Waals surface area contributed by atoms with Crippen molar-refractivity contribution >= 4 is 21.6 Å². The molecule has 0 unspecified atom stereocenters. The molecule has 0 atom stereocenters. The molecule has 6 heteroatoms. The van der Waals surface area contributed by atoms with Gasteiger partial charge in [-0.3, -0.25) is 0 Å². The minimum Gasteiger partial charge on any atom is -0.397 e. The first-order valence-electron chi connectivity index (χ1n) is 5.15. The van der Waals surface area contributed by atoms with E-state index in [4.69, 9.17) is 10.5 Å². The maximum absolute atomic E-state index is 6.01. The molecule has 5 nitrogen and oxygen atoms in total. The van der Waals surface area contributed by atoms with E-state index in [-0.39, 0.29) is 0 Å². The molecule has 1 aromatic heterocycles. The molecule has 0 aliphatic carbocycles. The van der Waals surface area contributed by atoms with Gasteiger partial charge in [0.05, 0.1) is 12.3 Å². The molecule has 2 N–H and O–H groups in total. The average molecular weight is 297 g/mol. The largest absolute Gasteiger partial charge is 0.397 e. The number of methoxy groups -OCH3 is 1. The van der Waals surface area contributed by atoms with Crippen LogP contribution in [0.15, 0.2) is 29.0 Å². The molecule has 0 saturated heterocycles. The molecule has 17 heavy (non-hydrogen) atoms. The SMILES string of the molecule is COCCn1cnnc1-c1cccc(Br)c1N. The number of rotatable bonds is 4. The lowest BCUT2D eigenvalue weighted by molar-refractivity contribution is 0.187. The van der Waals surface area contributed by atoms with E-state index in [0.29, 0.717) is 18.8 Å². The van der Waals surface area contributed by atoms with Gasteiger partial charge in [-0.1, -0.05) is 6.07 Å². The van der Waals surface area contributed by atoms with Crippen LogP contribution in [0, 0.1) is 0 Å². The van der Waals surface area contributed by atoms with Crippen LogP contribution in [0.2, 0.25) is 0 Å². The van der Waals surface area contributed by atoms with Crippen molar-refractivity contribution in [3.63, 3.8) is 0 Å². The van der Waals surface area contributed by atoms with Gasteiger partial charge in [-0.15, -0.1) is 10.2 Å². The zero-order valence-corrected chi connectivity index (χ0v) is 11.0. The van der Waals surface area contributed by atoms with Gasteiger partial charge in [0, 0.05) is 23.7 Å². The Morgan fingerprint density at radius 3 is 3.06 bits per heavy atom. The summed E-state index contributed by atoms with van der Waals surface area (Å²) in [6.07, 6.45) is 1.68. The molecule has 90 valence electrons. The van der Waals surface area contributed by atoms with Gasteiger partial charge in [0.1, 0.15) is 6.33 Å². The second-order valence-corrected chi connectivity index (χ2v) is 4.40. The van der Waals surface area contributed by atoms with Crippen molar-refractivity contribution < 1.29 is 4.74 Å². The Hall–Kier alpha value is -1.40. The second kappa shape index (κ2) is 5.29. The third kappa shape index (κ3) is 2.48. The molecule has 0 aliphatic heterocycles. The van der Waals surface area contributed by atoms with Gasteiger partial charge in [-0.2, -0.15) is 0 Å². The molecule has 0 fully saturated rings. The van der Waals surface area contributed by atoms with E-state index in [1.165, 1.54) is 0 Å². The molecule has 0 spiro atoms. The molecule has 0 radical (unpaired) electrons. The Bertz CT molecular complexity index is 512. The smallest absolute Gasteiger partial charge is 0.165 e. The molecule has 2 rings (SSSR count). The third-order valence-electron chi connectivity index (χ3n) is 2.45. The van der Waals surface area contributed by atoms with E-state index in [2.05, 4.69) is 26.1 Å². The summed E-state index contributed by atoms with van der Waals surface area (Å²) in [4.78, 5) is 0. The molecule has 0 bridgehead atoms. The van der Waals surface area contributed by atoms with E-state index >= 15 is 0 Å². The highest BCUT2D eigenvalue weighted by molar-refractivity contribution is 9.10. The van der Waals surface area contributed by atoms with Crippen molar-refractivity contribution in [3.05, 3.63) is 29.0 Å². The summed E-state index contributed by atoms with van der Waals surface area (Å²) in [6.45, 7) is 1.31. The molecule has 1 heterocycles. The molecule has 0 aliphatic rings. The molecular formula is C11H13BrN4O. The van der Waals surface area contributed by atoms with E-state index in [1.54, 1.807) is 13.4 Å². The first-order chi connectivity index (χ1) is 8.24. The molecule has 0 amide bonds. The highest BCUT2D eigenvalue weighted by Crippen LogP contribution is 2.30. The van der Waals surface area contributed by atoms with E-state index in [9.17, 15) is 0 Å². The number of para-hydroxylation sites is 1. The van der Waals surface area contributed by atoms with Crippen molar-refractivity contribution in [3.8, 4) is 11.4 Å². The summed E-state index contributed by atoms with van der Waals surface area (Å²) in [5.41, 5.74) is 7.55. The Morgan fingerprint density at radius 2 is 2.29 bits per heavy atom. The van der Waals surface area contributed by atoms with Crippen LogP contribution in [-0.4, -0.2) is 28.5 Å². The van der Waals surface area contributed by atoms with Crippen molar-refractivity contribution in [2.45, 2.75) is 6.54 Å². The Kier molecular flexibility index (Phi) is 3.75. The van der Waals surface area contributed by atoms with Gasteiger partial charge in [0.2, 0.25) is 0 Å². The van der Waals surface area contributed by atoms with Crippen molar-refractivity contribution in [1.82, 2.24) is 14.8 Å². The quantitative estimate of drug-likeness (QED) is 0.876. The number of nitrogens with zero attached hydrogens (tertiary/aromatic N) is 3. The number of hydrogen-bond donors (Lipinski definition) is 1. The highest BCUT2D eigenvalue weighted by Gasteiger charge is 2.11. The molecular weight excluding hydrogens is 284 g/mol. The van der Waals surface area contributed by atoms with E-state index in [1.807, 2.05) is 22.8 Å². The maximum atomic E-state index is 6.01. The zero-order chi connectivity index (χ0) is 12.3. The van der Waals surface area contributed by atoms with Crippen LogP contribution in [0.5, 0.6) is 0 Å². The van der Waals surface area contributed by atoms with E-state index in [0.717, 1.165) is 15.9 Å². The predicted molar refractivity (Wildman–Crippen MR) is 69.4 cm³/mol. The van der Waals surface area contributed by atoms with Crippen molar-refractivity contribution in [1.29, 1.82) is 0 Å². The summed E-state index contributed by atoms with van der Waals surface area (Å²) >= 11 is 3.40. The van der Waals surface area contributed by atoms with Gasteiger partial charge in [0.25, 0.3) is 0 Å². The van der Waals surface area contributed by atoms with Crippen LogP contribution in [0.1, 0.15) is 0 Å². The topological polar surface area (TPSA) is 66.0 Å². The van der Waals surface area contributed by atoms with Crippen LogP contribution in [-0.2, 0) is 11.3 Å². The number of aromatic nitrogens is 3. The van der Waals surface area contributed by atoms with Crippen molar-refractivity contribution in [2.75, 3.05) is 19.5 Å². The highest BCUT2D eigenvalue weighted by atomic mass is 79.9. The maximum Gasteiger partial charge on any atom is 0.165 e. The number of ether oxygens (including phenoxy) is 1. The normalized spacial score (nSPS) is 10.7. The predicted octanol–water partition coefficient (Wildman–Crippen LogP) is 1.94. The number of anilines is 1. The first-order valence-corrected chi connectivity index (χ1v) is 5.94. The van der Waals surface area contributed by atoms with Gasteiger partial charge in [-0.05, 0) is 28.1 Å². The number of nitrogens with two attached hydrogens (primary N) is 1. The number of hydrogen-bond acceptors (Lipinski definition) is 4. The second-order valence-electron chi connectivity index (χ2n) is 3.54. The molecule has 1 aromatic carbocycles. The van der Waals surface area contributed by atoms with E-state index < -0.39 is 0 Å². The van der Waals surface area contributed by atoms with Gasteiger partial charge in [-0.25, -0.2) is 0 Å². The standard InChI is InChI=1S/C11H13BrN4O/c1-17-6-5-16-7-14-15-11(16)8-3-2-4-9(12)10(8)13/h2-4,7H,5-6,13H2,1H3. The Morgan fingerprint density at radius 1 is 1.47 bits per heavy atom. The van der Waals surface area contributed by atoms with Crippen LogP contribution >= 0.6 is 15.9 Å². The monoisotopic (exact) mass is 296 g/mol. The number of nitrogen functional groups attached to an aromatic ring is 1.